The van der Waals surface area contributed by atoms with E-state index < -0.39 is 0 Å². The first kappa shape index (κ1) is 29.2. The third-order valence-electron chi connectivity index (χ3n) is 1.33. The predicted molar refractivity (Wildman–Crippen MR) is 67.7 cm³/mol. The standard InChI is InChI=1S/C8H16O2.4CH4/c1-4-5-6-7(2)10-8(3)9;;;;/h7H,4-6H2,1-3H3;4*1H4. The molecule has 0 heterocycles. The fourth-order valence-corrected chi connectivity index (χ4v) is 0.834. The van der Waals surface area contributed by atoms with Crippen LogP contribution in [0.25, 0.3) is 0 Å². The van der Waals surface area contributed by atoms with Gasteiger partial charge in [0.15, 0.2) is 0 Å². The maximum Gasteiger partial charge on any atom is 0.302 e. The molecule has 0 fully saturated rings. The van der Waals surface area contributed by atoms with Gasteiger partial charge in [-0.2, -0.15) is 0 Å². The molecule has 92 valence electrons. The average molecular weight is 208 g/mol. The Labute approximate surface area is 92.1 Å². The van der Waals surface area contributed by atoms with Crippen molar-refractivity contribution in [2.45, 2.75) is 75.8 Å². The first-order valence-electron chi connectivity index (χ1n) is 3.84. The molecular weight excluding hydrogens is 176 g/mol. The highest BCUT2D eigenvalue weighted by Gasteiger charge is 2.02. The molecule has 0 bridgehead atoms. The number of unbranched alkanes of at least 4 members (excludes halogenated alkanes) is 1. The smallest absolute Gasteiger partial charge is 0.302 e. The van der Waals surface area contributed by atoms with Crippen molar-refractivity contribution in [3.8, 4) is 0 Å². The molecule has 1 atom stereocenters. The van der Waals surface area contributed by atoms with E-state index in [4.69, 9.17) is 4.74 Å². The fourth-order valence-electron chi connectivity index (χ4n) is 0.834. The molecule has 0 aromatic heterocycles. The van der Waals surface area contributed by atoms with Crippen LogP contribution < -0.4 is 0 Å². The lowest BCUT2D eigenvalue weighted by atomic mass is 10.2. The molecule has 0 N–H and O–H groups in total. The third kappa shape index (κ3) is 22.5. The molecule has 0 saturated heterocycles. The summed E-state index contributed by atoms with van der Waals surface area (Å²) in [5, 5.41) is 0. The number of rotatable bonds is 4. The van der Waals surface area contributed by atoms with Gasteiger partial charge in [0.25, 0.3) is 0 Å². The van der Waals surface area contributed by atoms with Crippen molar-refractivity contribution in [3.05, 3.63) is 0 Å². The molecule has 0 aromatic carbocycles. The van der Waals surface area contributed by atoms with E-state index in [9.17, 15) is 4.79 Å². The van der Waals surface area contributed by atoms with E-state index in [1.165, 1.54) is 6.92 Å². The van der Waals surface area contributed by atoms with Crippen molar-refractivity contribution >= 4 is 5.97 Å². The summed E-state index contributed by atoms with van der Waals surface area (Å²) >= 11 is 0. The highest BCUT2D eigenvalue weighted by molar-refractivity contribution is 5.66. The highest BCUT2D eigenvalue weighted by atomic mass is 16.5. The molecule has 0 saturated carbocycles. The van der Waals surface area contributed by atoms with E-state index in [2.05, 4.69) is 6.92 Å². The fraction of sp³-hybridized carbons (Fsp3) is 0.917. The monoisotopic (exact) mass is 208 g/mol. The molecule has 1 unspecified atom stereocenters. The van der Waals surface area contributed by atoms with E-state index >= 15 is 0 Å². The summed E-state index contributed by atoms with van der Waals surface area (Å²) in [6.07, 6.45) is 3.37. The van der Waals surface area contributed by atoms with Gasteiger partial charge in [-0.3, -0.25) is 4.79 Å². The van der Waals surface area contributed by atoms with Crippen molar-refractivity contribution in [1.82, 2.24) is 0 Å². The molecule has 0 aliphatic carbocycles. The van der Waals surface area contributed by atoms with Gasteiger partial charge >= 0.3 is 5.97 Å². The lowest BCUT2D eigenvalue weighted by Gasteiger charge is -2.09. The van der Waals surface area contributed by atoms with Crippen molar-refractivity contribution in [2.24, 2.45) is 0 Å². The molecule has 0 aliphatic heterocycles. The van der Waals surface area contributed by atoms with Crippen LogP contribution in [0, 0.1) is 0 Å². The molecule has 0 rings (SSSR count). The van der Waals surface area contributed by atoms with Gasteiger partial charge in [-0.15, -0.1) is 0 Å². The Morgan fingerprint density at radius 3 is 1.93 bits per heavy atom. The van der Waals surface area contributed by atoms with Crippen LogP contribution >= 0.6 is 0 Å². The molecule has 14 heavy (non-hydrogen) atoms. The maximum absolute atomic E-state index is 10.4. The first-order valence-corrected chi connectivity index (χ1v) is 3.84. The van der Waals surface area contributed by atoms with Crippen molar-refractivity contribution < 1.29 is 9.53 Å². The van der Waals surface area contributed by atoms with Crippen LogP contribution in [0.3, 0.4) is 0 Å². The molecule has 0 aromatic rings. The lowest BCUT2D eigenvalue weighted by molar-refractivity contribution is -0.145. The summed E-state index contributed by atoms with van der Waals surface area (Å²) in [7, 11) is 0. The summed E-state index contributed by atoms with van der Waals surface area (Å²) in [4.78, 5) is 10.4. The van der Waals surface area contributed by atoms with Crippen LogP contribution in [0.15, 0.2) is 0 Å². The minimum Gasteiger partial charge on any atom is -0.463 e. The Kier molecular flexibility index (Phi) is 38.2. The summed E-state index contributed by atoms with van der Waals surface area (Å²) < 4.78 is 4.91. The van der Waals surface area contributed by atoms with Crippen LogP contribution in [0.2, 0.25) is 0 Å². The summed E-state index contributed by atoms with van der Waals surface area (Å²) in [5.41, 5.74) is 0. The quantitative estimate of drug-likeness (QED) is 0.627. The van der Waals surface area contributed by atoms with Crippen molar-refractivity contribution in [3.63, 3.8) is 0 Å². The van der Waals surface area contributed by atoms with E-state index in [1.54, 1.807) is 0 Å². The minimum atomic E-state index is -0.177. The molecule has 0 spiro atoms. The molecule has 2 nitrogen and oxygen atoms in total. The Hall–Kier alpha value is -0.530. The number of hydrogen-bond donors (Lipinski definition) is 0. The number of carbonyl (C=O) groups is 1. The van der Waals surface area contributed by atoms with Crippen molar-refractivity contribution in [1.29, 1.82) is 0 Å². The second-order valence-electron chi connectivity index (χ2n) is 2.56. The number of ether oxygens (including phenoxy) is 1. The molecule has 2 heteroatoms. The normalized spacial score (nSPS) is 9.07. The SMILES string of the molecule is C.C.C.C.CCCCC(C)OC(C)=O. The second kappa shape index (κ2) is 18.3. The number of hydrogen-bond acceptors (Lipinski definition) is 2. The van der Waals surface area contributed by atoms with E-state index in [0.717, 1.165) is 19.3 Å². The van der Waals surface area contributed by atoms with Crippen LogP contribution in [0.1, 0.15) is 69.7 Å². The molecule has 0 radical (unpaired) electrons. The molecular formula is C12H32O2. The van der Waals surface area contributed by atoms with E-state index in [1.807, 2.05) is 6.92 Å². The summed E-state index contributed by atoms with van der Waals surface area (Å²) in [6.45, 7) is 5.50. The lowest BCUT2D eigenvalue weighted by Crippen LogP contribution is -2.11. The van der Waals surface area contributed by atoms with Crippen LogP contribution in [-0.2, 0) is 9.53 Å². The zero-order valence-electron chi connectivity index (χ0n) is 7.02. The minimum absolute atomic E-state index is 0. The summed E-state index contributed by atoms with van der Waals surface area (Å²) in [5.74, 6) is -0.177. The van der Waals surface area contributed by atoms with Gasteiger partial charge < -0.3 is 4.74 Å². The zero-order valence-corrected chi connectivity index (χ0v) is 7.02. The maximum atomic E-state index is 10.4. The topological polar surface area (TPSA) is 26.3 Å². The predicted octanol–water partition coefficient (Wildman–Crippen LogP) is 4.67. The van der Waals surface area contributed by atoms with Gasteiger partial charge in [0.2, 0.25) is 0 Å². The van der Waals surface area contributed by atoms with E-state index in [0.29, 0.717) is 0 Å². The van der Waals surface area contributed by atoms with Gasteiger partial charge in [0.05, 0.1) is 6.10 Å². The van der Waals surface area contributed by atoms with Gasteiger partial charge in [-0.1, -0.05) is 49.5 Å². The van der Waals surface area contributed by atoms with Crippen molar-refractivity contribution in [2.75, 3.05) is 0 Å². The molecule has 0 amide bonds. The largest absolute Gasteiger partial charge is 0.463 e. The van der Waals surface area contributed by atoms with Gasteiger partial charge in [-0.05, 0) is 13.3 Å². The van der Waals surface area contributed by atoms with Crippen LogP contribution in [0.4, 0.5) is 0 Å². The first-order chi connectivity index (χ1) is 4.66. The van der Waals surface area contributed by atoms with Gasteiger partial charge in [-0.25, -0.2) is 0 Å². The van der Waals surface area contributed by atoms with Crippen LogP contribution in [-0.4, -0.2) is 12.1 Å². The third-order valence-corrected chi connectivity index (χ3v) is 1.33. The second-order valence-corrected chi connectivity index (χ2v) is 2.56. The molecule has 0 aliphatic rings. The zero-order chi connectivity index (χ0) is 7.98. The number of carbonyl (C=O) groups excluding carboxylic acids is 1. The Bertz CT molecular complexity index is 100. The number of esters is 1. The van der Waals surface area contributed by atoms with Crippen LogP contribution in [0.5, 0.6) is 0 Å². The Morgan fingerprint density at radius 2 is 1.64 bits per heavy atom. The van der Waals surface area contributed by atoms with Gasteiger partial charge in [0, 0.05) is 6.92 Å². The Morgan fingerprint density at radius 1 is 1.21 bits per heavy atom. The summed E-state index contributed by atoms with van der Waals surface area (Å²) in [6, 6.07) is 0. The van der Waals surface area contributed by atoms with E-state index in [-0.39, 0.29) is 41.8 Å². The highest BCUT2D eigenvalue weighted by Crippen LogP contribution is 2.03. The Balaban J connectivity index is -0.0000000675. The average Bonchev–Trinajstić information content (AvgIpc) is 1.82. The van der Waals surface area contributed by atoms with Gasteiger partial charge in [0.1, 0.15) is 0 Å².